The molecule has 1 N–H and O–H groups in total. The van der Waals surface area contributed by atoms with E-state index in [1.807, 2.05) is 33.0 Å². The molecule has 1 aromatic rings. The minimum atomic E-state index is -0.936. The highest BCUT2D eigenvalue weighted by molar-refractivity contribution is 8.03. The molecular weight excluding hydrogens is 379 g/mol. The Kier molecular flexibility index (Phi) is 8.54. The number of carbonyl (C=O) groups is 1. The van der Waals surface area contributed by atoms with Crippen LogP contribution in [0.1, 0.15) is 25.8 Å². The Morgan fingerprint density at radius 1 is 1.43 bits per heavy atom. The fraction of sp³-hybridized carbons (Fsp3) is 0.476. The number of hydrogen-bond donors (Lipinski definition) is 1. The second-order valence-electron chi connectivity index (χ2n) is 6.77. The van der Waals surface area contributed by atoms with E-state index in [0.29, 0.717) is 18.7 Å². The van der Waals surface area contributed by atoms with Crippen LogP contribution in [-0.2, 0) is 16.1 Å². The molecule has 2 rings (SSSR count). The minimum Gasteiger partial charge on any atom is -0.478 e. The number of carboxylic acids is 1. The highest BCUT2D eigenvalue weighted by atomic mass is 32.2. The summed E-state index contributed by atoms with van der Waals surface area (Å²) < 4.78 is 18.9. The summed E-state index contributed by atoms with van der Waals surface area (Å²) in [5, 5.41) is 10.5. The zero-order valence-corrected chi connectivity index (χ0v) is 17.8. The first-order valence-electron chi connectivity index (χ1n) is 9.38. The lowest BCUT2D eigenvalue weighted by atomic mass is 10.0. The molecule has 5 nitrogen and oxygen atoms in total. The van der Waals surface area contributed by atoms with Gasteiger partial charge in [-0.15, -0.1) is 11.8 Å². The van der Waals surface area contributed by atoms with Gasteiger partial charge in [-0.3, -0.25) is 4.90 Å². The Balaban J connectivity index is 2.42. The van der Waals surface area contributed by atoms with E-state index in [-0.39, 0.29) is 12.0 Å². The van der Waals surface area contributed by atoms with E-state index in [2.05, 4.69) is 9.80 Å². The summed E-state index contributed by atoms with van der Waals surface area (Å²) in [6, 6.07) is 6.46. The largest absolute Gasteiger partial charge is 0.478 e. The van der Waals surface area contributed by atoms with Crippen LogP contribution in [0.4, 0.5) is 4.39 Å². The molecule has 0 aliphatic carbocycles. The van der Waals surface area contributed by atoms with Crippen LogP contribution in [-0.4, -0.2) is 60.1 Å². The van der Waals surface area contributed by atoms with Crippen LogP contribution in [0.3, 0.4) is 0 Å². The molecule has 0 amide bonds. The summed E-state index contributed by atoms with van der Waals surface area (Å²) in [6.07, 6.45) is 2.74. The SMILES string of the molecule is CCSC1=C(C(=O)O)C(C)=CC(N(C)CCCOC)N1Cc1cccc(F)c1. The first-order chi connectivity index (χ1) is 13.4. The normalized spacial score (nSPS) is 17.3. The molecule has 7 heteroatoms. The maximum Gasteiger partial charge on any atom is 0.338 e. The van der Waals surface area contributed by atoms with E-state index in [1.54, 1.807) is 13.2 Å². The number of thioether (sulfide) groups is 1. The lowest BCUT2D eigenvalue weighted by Crippen LogP contribution is -2.47. The second kappa shape index (κ2) is 10.6. The quantitative estimate of drug-likeness (QED) is 0.592. The third kappa shape index (κ3) is 5.59. The number of nitrogens with zero attached hydrogens (tertiary/aromatic N) is 2. The number of rotatable bonds is 10. The van der Waals surface area contributed by atoms with Crippen molar-refractivity contribution < 1.29 is 19.0 Å². The summed E-state index contributed by atoms with van der Waals surface area (Å²) in [7, 11) is 3.70. The van der Waals surface area contributed by atoms with E-state index in [0.717, 1.165) is 34.9 Å². The van der Waals surface area contributed by atoms with Crippen molar-refractivity contribution in [1.29, 1.82) is 0 Å². The number of carboxylic acid groups (broad SMARTS) is 1. The van der Waals surface area contributed by atoms with Crippen molar-refractivity contribution in [1.82, 2.24) is 9.80 Å². The van der Waals surface area contributed by atoms with Crippen LogP contribution in [0.2, 0.25) is 0 Å². The molecule has 0 radical (unpaired) electrons. The monoisotopic (exact) mass is 408 g/mol. The van der Waals surface area contributed by atoms with E-state index in [4.69, 9.17) is 4.74 Å². The first kappa shape index (κ1) is 22.5. The summed E-state index contributed by atoms with van der Waals surface area (Å²) in [5.74, 6) is -0.480. The molecule has 1 unspecified atom stereocenters. The van der Waals surface area contributed by atoms with Crippen molar-refractivity contribution in [2.24, 2.45) is 0 Å². The maximum atomic E-state index is 13.7. The molecule has 0 fully saturated rings. The molecule has 1 aliphatic rings. The van der Waals surface area contributed by atoms with Gasteiger partial charge in [-0.1, -0.05) is 19.1 Å². The summed E-state index contributed by atoms with van der Waals surface area (Å²) in [4.78, 5) is 16.2. The number of halogens is 1. The highest BCUT2D eigenvalue weighted by Gasteiger charge is 2.32. The van der Waals surface area contributed by atoms with Crippen LogP contribution < -0.4 is 0 Å². The average Bonchev–Trinajstić information content (AvgIpc) is 2.63. The van der Waals surface area contributed by atoms with E-state index in [1.165, 1.54) is 23.9 Å². The predicted molar refractivity (Wildman–Crippen MR) is 111 cm³/mol. The minimum absolute atomic E-state index is 0.114. The average molecular weight is 409 g/mol. The summed E-state index contributed by atoms with van der Waals surface area (Å²) in [6.45, 7) is 5.74. The van der Waals surface area contributed by atoms with E-state index >= 15 is 0 Å². The Morgan fingerprint density at radius 3 is 2.79 bits per heavy atom. The summed E-state index contributed by atoms with van der Waals surface area (Å²) >= 11 is 1.51. The number of methoxy groups -OCH3 is 1. The molecule has 0 saturated heterocycles. The molecule has 0 bridgehead atoms. The van der Waals surface area contributed by atoms with Gasteiger partial charge in [0.15, 0.2) is 0 Å². The molecular formula is C21H29FN2O3S. The number of benzene rings is 1. The third-order valence-corrected chi connectivity index (χ3v) is 5.64. The van der Waals surface area contributed by atoms with Crippen molar-refractivity contribution >= 4 is 17.7 Å². The zero-order chi connectivity index (χ0) is 20.7. The number of ether oxygens (including phenoxy) is 1. The van der Waals surface area contributed by atoms with Gasteiger partial charge in [0.2, 0.25) is 0 Å². The van der Waals surface area contributed by atoms with Gasteiger partial charge in [-0.2, -0.15) is 0 Å². The Hall–Kier alpha value is -1.83. The first-order valence-corrected chi connectivity index (χ1v) is 10.4. The van der Waals surface area contributed by atoms with Gasteiger partial charge >= 0.3 is 5.97 Å². The molecule has 1 aliphatic heterocycles. The summed E-state index contributed by atoms with van der Waals surface area (Å²) in [5.41, 5.74) is 1.88. The molecule has 154 valence electrons. The number of aliphatic carboxylic acids is 1. The molecule has 1 heterocycles. The van der Waals surface area contributed by atoms with Gasteiger partial charge in [-0.25, -0.2) is 9.18 Å². The Bertz CT molecular complexity index is 751. The van der Waals surface area contributed by atoms with Crippen LogP contribution in [0, 0.1) is 5.82 Å². The van der Waals surface area contributed by atoms with Crippen LogP contribution in [0.25, 0.3) is 0 Å². The smallest absolute Gasteiger partial charge is 0.338 e. The van der Waals surface area contributed by atoms with Gasteiger partial charge < -0.3 is 14.7 Å². The predicted octanol–water partition coefficient (Wildman–Crippen LogP) is 3.93. The third-order valence-electron chi connectivity index (χ3n) is 4.64. The van der Waals surface area contributed by atoms with Gasteiger partial charge in [0, 0.05) is 26.8 Å². The molecule has 0 saturated carbocycles. The van der Waals surface area contributed by atoms with Crippen molar-refractivity contribution in [2.45, 2.75) is 33.0 Å². The van der Waals surface area contributed by atoms with Crippen molar-refractivity contribution in [2.75, 3.05) is 33.1 Å². The van der Waals surface area contributed by atoms with E-state index < -0.39 is 5.97 Å². The van der Waals surface area contributed by atoms with Gasteiger partial charge in [-0.05, 0) is 55.5 Å². The van der Waals surface area contributed by atoms with Crippen LogP contribution in [0.15, 0.2) is 46.5 Å². The zero-order valence-electron chi connectivity index (χ0n) is 16.9. The molecule has 1 aromatic carbocycles. The van der Waals surface area contributed by atoms with Crippen LogP contribution >= 0.6 is 11.8 Å². The number of hydrogen-bond acceptors (Lipinski definition) is 5. The van der Waals surface area contributed by atoms with Crippen molar-refractivity contribution in [3.63, 3.8) is 0 Å². The molecule has 0 spiro atoms. The maximum absolute atomic E-state index is 13.7. The lowest BCUT2D eigenvalue weighted by molar-refractivity contribution is -0.132. The fourth-order valence-electron chi connectivity index (χ4n) is 3.33. The Labute approximate surface area is 170 Å². The lowest BCUT2D eigenvalue weighted by Gasteiger charge is -2.42. The second-order valence-corrected chi connectivity index (χ2v) is 8.02. The van der Waals surface area contributed by atoms with Gasteiger partial charge in [0.25, 0.3) is 0 Å². The fourth-order valence-corrected chi connectivity index (χ4v) is 4.34. The van der Waals surface area contributed by atoms with Crippen LogP contribution in [0.5, 0.6) is 0 Å². The molecule has 1 atom stereocenters. The van der Waals surface area contributed by atoms with Crippen molar-refractivity contribution in [3.8, 4) is 0 Å². The standard InChI is InChI=1S/C21H29FN2O3S/c1-5-28-20-19(21(25)26)15(2)12-18(23(3)10-7-11-27-4)24(20)14-16-8-6-9-17(22)13-16/h6,8-9,12-13,18H,5,7,10-11,14H2,1-4H3,(H,25,26). The van der Waals surface area contributed by atoms with Crippen molar-refractivity contribution in [3.05, 3.63) is 57.9 Å². The highest BCUT2D eigenvalue weighted by Crippen LogP contribution is 2.36. The number of likely N-dealkylation sites (N-methyl/N-ethyl adjacent to an activating group) is 1. The Morgan fingerprint density at radius 2 is 2.18 bits per heavy atom. The van der Waals surface area contributed by atoms with Gasteiger partial charge in [0.1, 0.15) is 12.0 Å². The molecule has 0 aromatic heterocycles. The van der Waals surface area contributed by atoms with E-state index in [9.17, 15) is 14.3 Å². The van der Waals surface area contributed by atoms with Gasteiger partial charge in [0.05, 0.1) is 10.6 Å². The topological polar surface area (TPSA) is 53.0 Å². The molecule has 28 heavy (non-hydrogen) atoms.